The normalized spacial score (nSPS) is 19.3. The summed E-state index contributed by atoms with van der Waals surface area (Å²) in [5, 5.41) is 7.14. The lowest BCUT2D eigenvalue weighted by atomic mass is 9.91. The minimum atomic E-state index is -0.219. The fourth-order valence-corrected chi connectivity index (χ4v) is 3.60. The molecule has 0 bridgehead atoms. The lowest BCUT2D eigenvalue weighted by Crippen LogP contribution is -2.45. The molecule has 25 heavy (non-hydrogen) atoms. The van der Waals surface area contributed by atoms with Crippen LogP contribution in [0.25, 0.3) is 5.65 Å². The third kappa shape index (κ3) is 2.95. The fraction of sp³-hybridized carbons (Fsp3) is 0.316. The number of rotatable bonds is 2. The molecule has 128 valence electrons. The van der Waals surface area contributed by atoms with Gasteiger partial charge in [-0.1, -0.05) is 36.4 Å². The van der Waals surface area contributed by atoms with Gasteiger partial charge in [0.1, 0.15) is 0 Å². The van der Waals surface area contributed by atoms with Gasteiger partial charge in [-0.05, 0) is 38.0 Å². The quantitative estimate of drug-likeness (QED) is 0.779. The molecule has 2 aromatic heterocycles. The van der Waals surface area contributed by atoms with Crippen LogP contribution in [-0.4, -0.2) is 37.6 Å². The number of fused-ring (bicyclic) bond motifs is 1. The second-order valence-corrected chi connectivity index (χ2v) is 7.10. The Kier molecular flexibility index (Phi) is 3.67. The Balaban J connectivity index is 1.52. The Labute approximate surface area is 146 Å². The molecule has 2 amide bonds. The zero-order chi connectivity index (χ0) is 17.4. The van der Waals surface area contributed by atoms with Gasteiger partial charge >= 0.3 is 6.03 Å². The van der Waals surface area contributed by atoms with Crippen molar-refractivity contribution in [2.45, 2.75) is 31.7 Å². The Morgan fingerprint density at radius 3 is 2.68 bits per heavy atom. The van der Waals surface area contributed by atoms with E-state index in [1.54, 1.807) is 4.52 Å². The predicted octanol–water partition coefficient (Wildman–Crippen LogP) is 3.53. The van der Waals surface area contributed by atoms with Gasteiger partial charge in [-0.15, -0.1) is 5.10 Å². The number of hydrogen-bond donors (Lipinski definition) is 1. The number of benzene rings is 1. The first-order chi connectivity index (χ1) is 12.0. The van der Waals surface area contributed by atoms with Crippen LogP contribution in [0.2, 0.25) is 0 Å². The lowest BCUT2D eigenvalue weighted by molar-refractivity contribution is 0.178. The molecule has 1 aliphatic rings. The molecule has 0 aliphatic carbocycles. The molecule has 1 atom stereocenters. The van der Waals surface area contributed by atoms with Crippen molar-refractivity contribution in [1.29, 1.82) is 0 Å². The predicted molar refractivity (Wildman–Crippen MR) is 96.6 cm³/mol. The molecular weight excluding hydrogens is 314 g/mol. The number of carbonyl (C=O) groups is 1. The molecule has 0 radical (unpaired) electrons. The third-order valence-electron chi connectivity index (χ3n) is 4.86. The molecule has 0 saturated carbocycles. The summed E-state index contributed by atoms with van der Waals surface area (Å²) in [6.07, 6.45) is 2.74. The highest BCUT2D eigenvalue weighted by Gasteiger charge is 2.41. The first-order valence-corrected chi connectivity index (χ1v) is 8.48. The first-order valence-electron chi connectivity index (χ1n) is 8.48. The summed E-state index contributed by atoms with van der Waals surface area (Å²) in [5.41, 5.74) is 1.77. The van der Waals surface area contributed by atoms with Crippen molar-refractivity contribution in [3.05, 3.63) is 60.3 Å². The van der Waals surface area contributed by atoms with Gasteiger partial charge in [0.2, 0.25) is 0 Å². The van der Waals surface area contributed by atoms with Crippen LogP contribution in [0.1, 0.15) is 31.7 Å². The van der Waals surface area contributed by atoms with Crippen LogP contribution in [0.5, 0.6) is 0 Å². The molecule has 4 rings (SSSR count). The van der Waals surface area contributed by atoms with Crippen LogP contribution in [0, 0.1) is 0 Å². The molecule has 1 unspecified atom stereocenters. The van der Waals surface area contributed by atoms with Crippen molar-refractivity contribution >= 4 is 17.6 Å². The number of likely N-dealkylation sites (tertiary alicyclic amines) is 1. The van der Waals surface area contributed by atoms with Gasteiger partial charge < -0.3 is 4.90 Å². The SMILES string of the molecule is CC1(C)CC(c2ccccc2)CN1C(=O)Nc1nc2ccccn2n1. The van der Waals surface area contributed by atoms with Crippen molar-refractivity contribution in [2.75, 3.05) is 11.9 Å². The number of anilines is 1. The molecule has 3 heterocycles. The smallest absolute Gasteiger partial charge is 0.319 e. The molecule has 1 aromatic carbocycles. The van der Waals surface area contributed by atoms with E-state index in [1.807, 2.05) is 47.5 Å². The summed E-state index contributed by atoms with van der Waals surface area (Å²) in [5.74, 6) is 0.672. The summed E-state index contributed by atoms with van der Waals surface area (Å²) in [4.78, 5) is 19.0. The average Bonchev–Trinajstić information content (AvgIpc) is 3.15. The van der Waals surface area contributed by atoms with E-state index in [1.165, 1.54) is 5.56 Å². The van der Waals surface area contributed by atoms with Crippen molar-refractivity contribution in [3.8, 4) is 0 Å². The van der Waals surface area contributed by atoms with Crippen LogP contribution in [0.3, 0.4) is 0 Å². The molecule has 6 nitrogen and oxygen atoms in total. The summed E-state index contributed by atoms with van der Waals surface area (Å²) in [6.45, 7) is 4.90. The Morgan fingerprint density at radius 2 is 1.92 bits per heavy atom. The zero-order valence-electron chi connectivity index (χ0n) is 14.4. The van der Waals surface area contributed by atoms with Gasteiger partial charge in [0.05, 0.1) is 0 Å². The maximum absolute atomic E-state index is 12.8. The van der Waals surface area contributed by atoms with Crippen LogP contribution in [-0.2, 0) is 0 Å². The molecular formula is C19H21N5O. The van der Waals surface area contributed by atoms with Gasteiger partial charge in [-0.25, -0.2) is 9.31 Å². The number of nitrogens with one attached hydrogen (secondary N) is 1. The summed E-state index contributed by atoms with van der Waals surface area (Å²) >= 11 is 0. The standard InChI is InChI=1S/C19H21N5O/c1-19(2)12-15(14-8-4-3-5-9-14)13-23(19)18(25)21-17-20-16-10-6-7-11-24(16)22-17/h3-11,15H,12-13H2,1-2H3,(H,21,22,25). The summed E-state index contributed by atoms with van der Waals surface area (Å²) < 4.78 is 1.65. The minimum Gasteiger partial charge on any atom is -0.319 e. The summed E-state index contributed by atoms with van der Waals surface area (Å²) in [6, 6.07) is 15.8. The van der Waals surface area contributed by atoms with E-state index < -0.39 is 0 Å². The Hall–Kier alpha value is -2.89. The van der Waals surface area contributed by atoms with E-state index in [4.69, 9.17) is 0 Å². The highest BCUT2D eigenvalue weighted by atomic mass is 16.2. The van der Waals surface area contributed by atoms with E-state index in [0.717, 1.165) is 6.42 Å². The van der Waals surface area contributed by atoms with Crippen LogP contribution in [0.15, 0.2) is 54.7 Å². The van der Waals surface area contributed by atoms with Gasteiger partial charge in [-0.2, -0.15) is 4.98 Å². The Morgan fingerprint density at radius 1 is 1.16 bits per heavy atom. The topological polar surface area (TPSA) is 62.5 Å². The largest absolute Gasteiger partial charge is 0.324 e. The molecule has 6 heteroatoms. The van der Waals surface area contributed by atoms with Gasteiger partial charge in [-0.3, -0.25) is 5.32 Å². The molecule has 1 fully saturated rings. The van der Waals surface area contributed by atoms with Crippen molar-refractivity contribution in [1.82, 2.24) is 19.5 Å². The third-order valence-corrected chi connectivity index (χ3v) is 4.86. The van der Waals surface area contributed by atoms with Crippen LogP contribution >= 0.6 is 0 Å². The van der Waals surface area contributed by atoms with E-state index in [0.29, 0.717) is 24.1 Å². The van der Waals surface area contributed by atoms with Crippen LogP contribution in [0.4, 0.5) is 10.7 Å². The maximum atomic E-state index is 12.8. The molecule has 1 saturated heterocycles. The highest BCUT2D eigenvalue weighted by Crippen LogP contribution is 2.38. The second-order valence-electron chi connectivity index (χ2n) is 7.10. The van der Waals surface area contributed by atoms with Crippen LogP contribution < -0.4 is 5.32 Å². The van der Waals surface area contributed by atoms with Gasteiger partial charge in [0.15, 0.2) is 5.65 Å². The van der Waals surface area contributed by atoms with Crippen molar-refractivity contribution in [2.24, 2.45) is 0 Å². The highest BCUT2D eigenvalue weighted by molar-refractivity contribution is 5.88. The second kappa shape index (κ2) is 5.88. The van der Waals surface area contributed by atoms with Crippen molar-refractivity contribution < 1.29 is 4.79 Å². The molecule has 3 aromatic rings. The number of pyridine rings is 1. The van der Waals surface area contributed by atoms with E-state index in [-0.39, 0.29) is 11.6 Å². The fourth-order valence-electron chi connectivity index (χ4n) is 3.60. The van der Waals surface area contributed by atoms with Crippen molar-refractivity contribution in [3.63, 3.8) is 0 Å². The number of nitrogens with zero attached hydrogens (tertiary/aromatic N) is 4. The van der Waals surface area contributed by atoms with E-state index >= 15 is 0 Å². The van der Waals surface area contributed by atoms with Gasteiger partial charge in [0.25, 0.3) is 5.95 Å². The monoisotopic (exact) mass is 335 g/mol. The maximum Gasteiger partial charge on any atom is 0.324 e. The lowest BCUT2D eigenvalue weighted by Gasteiger charge is -2.30. The minimum absolute atomic E-state index is 0.153. The summed E-state index contributed by atoms with van der Waals surface area (Å²) in [7, 11) is 0. The molecule has 1 N–H and O–H groups in total. The number of urea groups is 1. The average molecular weight is 335 g/mol. The van der Waals surface area contributed by atoms with Gasteiger partial charge in [0, 0.05) is 24.2 Å². The number of amides is 2. The number of aromatic nitrogens is 3. The zero-order valence-corrected chi connectivity index (χ0v) is 14.4. The Bertz CT molecular complexity index is 869. The van der Waals surface area contributed by atoms with E-state index in [9.17, 15) is 4.79 Å². The molecule has 0 spiro atoms. The van der Waals surface area contributed by atoms with E-state index in [2.05, 4.69) is 41.4 Å². The first kappa shape index (κ1) is 15.6. The molecule has 1 aliphatic heterocycles. The number of hydrogen-bond acceptors (Lipinski definition) is 3. The number of carbonyl (C=O) groups excluding carboxylic acids is 1.